The molecule has 0 saturated carbocycles. The van der Waals surface area contributed by atoms with Crippen molar-refractivity contribution < 1.29 is 28.7 Å². The third kappa shape index (κ3) is 5.83. The number of hydrogen-bond donors (Lipinski definition) is 0. The number of nitrogens with zero attached hydrogens (tertiary/aromatic N) is 2. The molecule has 214 valence electrons. The molecule has 3 aromatic carbocycles. The maximum absolute atomic E-state index is 13.7. The number of fused-ring (bicyclic) bond motifs is 1. The van der Waals surface area contributed by atoms with Gasteiger partial charge in [-0.3, -0.25) is 19.2 Å². The summed E-state index contributed by atoms with van der Waals surface area (Å²) < 4.78 is 5.36. The van der Waals surface area contributed by atoms with Crippen molar-refractivity contribution >= 4 is 64.3 Å². The molecule has 0 radical (unpaired) electrons. The predicted octanol–water partition coefficient (Wildman–Crippen LogP) is 6.45. The second-order valence-corrected chi connectivity index (χ2v) is 11.2. The molecule has 11 heteroatoms. The summed E-state index contributed by atoms with van der Waals surface area (Å²) in [6.45, 7) is 1.28. The molecular weight excluding hydrogens is 603 g/mol. The first-order valence-corrected chi connectivity index (χ1v) is 14.1. The van der Waals surface area contributed by atoms with Crippen LogP contribution in [0.5, 0.6) is 5.75 Å². The van der Waals surface area contributed by atoms with Crippen LogP contribution in [0.4, 0.5) is 0 Å². The van der Waals surface area contributed by atoms with Gasteiger partial charge in [-0.25, -0.2) is 9.80 Å². The normalized spacial score (nSPS) is 17.9. The highest BCUT2D eigenvalue weighted by atomic mass is 35.5. The number of allylic oxidation sites excluding steroid dienone is 2. The average molecular weight is 626 g/mol. The Bertz CT molecular complexity index is 1650. The Morgan fingerprint density at radius 1 is 0.881 bits per heavy atom. The van der Waals surface area contributed by atoms with E-state index >= 15 is 0 Å². The molecule has 0 N–H and O–H groups in total. The lowest BCUT2D eigenvalue weighted by atomic mass is 9.82. The molecule has 5 rings (SSSR count). The maximum Gasteiger partial charge on any atom is 0.345 e. The monoisotopic (exact) mass is 624 g/mol. The molecule has 0 bridgehead atoms. The van der Waals surface area contributed by atoms with Gasteiger partial charge >= 0.3 is 5.97 Å². The van der Waals surface area contributed by atoms with Crippen molar-refractivity contribution in [2.75, 3.05) is 6.54 Å². The standard InChI is InChI=1S/C31H23Cl3N2O6/c1-17-6-12-21-24(14-17)30(40)36(29(21)39)35(28(38)22-4-2-3-5-25(22)33)16-27(37)18-7-10-20(11-8-18)42-31(41)23-13-9-19(32)15-26(23)34/h2-11,13,15,21,24H,12,14,16H2,1H3/t21-,24-/m0/s1. The molecule has 2 atom stereocenters. The minimum absolute atomic E-state index is 0.0415. The summed E-state index contributed by atoms with van der Waals surface area (Å²) >= 11 is 18.2. The van der Waals surface area contributed by atoms with E-state index < -0.39 is 47.9 Å². The van der Waals surface area contributed by atoms with Crippen LogP contribution < -0.4 is 4.74 Å². The number of amides is 3. The Morgan fingerprint density at radius 3 is 2.26 bits per heavy atom. The van der Waals surface area contributed by atoms with Crippen molar-refractivity contribution in [1.82, 2.24) is 10.0 Å². The van der Waals surface area contributed by atoms with E-state index in [0.29, 0.717) is 17.9 Å². The average Bonchev–Trinajstić information content (AvgIpc) is 3.20. The van der Waals surface area contributed by atoms with E-state index in [0.717, 1.165) is 15.6 Å². The molecule has 1 aliphatic heterocycles. The van der Waals surface area contributed by atoms with Crippen LogP contribution in [-0.4, -0.2) is 46.0 Å². The van der Waals surface area contributed by atoms with Crippen LogP contribution in [0.3, 0.4) is 0 Å². The number of benzene rings is 3. The Hall–Kier alpha value is -3.98. The number of ketones is 1. The molecule has 0 spiro atoms. The van der Waals surface area contributed by atoms with Gasteiger partial charge in [0.05, 0.1) is 33.0 Å². The lowest BCUT2D eigenvalue weighted by molar-refractivity contribution is -0.154. The Labute approximate surface area is 256 Å². The smallest absolute Gasteiger partial charge is 0.345 e. The topological polar surface area (TPSA) is 101 Å². The minimum Gasteiger partial charge on any atom is -0.423 e. The van der Waals surface area contributed by atoms with Crippen LogP contribution in [0.25, 0.3) is 0 Å². The summed E-state index contributed by atoms with van der Waals surface area (Å²) in [5, 5.41) is 2.28. The van der Waals surface area contributed by atoms with E-state index in [9.17, 15) is 24.0 Å². The molecule has 2 aliphatic rings. The van der Waals surface area contributed by atoms with Gasteiger partial charge in [-0.15, -0.1) is 0 Å². The number of carbonyl (C=O) groups is 5. The molecule has 42 heavy (non-hydrogen) atoms. The molecule has 8 nitrogen and oxygen atoms in total. The van der Waals surface area contributed by atoms with Crippen LogP contribution in [0.2, 0.25) is 15.1 Å². The third-order valence-electron chi connectivity index (χ3n) is 7.21. The quantitative estimate of drug-likeness (QED) is 0.0984. The molecule has 1 fully saturated rings. The number of carbonyl (C=O) groups excluding carboxylic acids is 5. The zero-order chi connectivity index (χ0) is 30.1. The van der Waals surface area contributed by atoms with Crippen molar-refractivity contribution in [2.24, 2.45) is 11.8 Å². The van der Waals surface area contributed by atoms with Crippen molar-refractivity contribution in [3.8, 4) is 5.75 Å². The van der Waals surface area contributed by atoms with Gasteiger partial charge in [0, 0.05) is 10.6 Å². The molecule has 3 aromatic rings. The first-order valence-electron chi connectivity index (χ1n) is 13.0. The van der Waals surface area contributed by atoms with E-state index in [2.05, 4.69) is 0 Å². The SMILES string of the molecule is CC1=CC[C@@H]2C(=O)N(N(CC(=O)c3ccc(OC(=O)c4ccc(Cl)cc4Cl)cc3)C(=O)c3ccccc3Cl)C(=O)[C@H]2C1. The lowest BCUT2D eigenvalue weighted by Gasteiger charge is -2.30. The van der Waals surface area contributed by atoms with Crippen molar-refractivity contribution in [3.05, 3.63) is 110 Å². The van der Waals surface area contributed by atoms with E-state index in [-0.39, 0.29) is 32.5 Å². The summed E-state index contributed by atoms with van der Waals surface area (Å²) in [5.74, 6) is -4.18. The number of hydrogen-bond acceptors (Lipinski definition) is 6. The molecule has 1 saturated heterocycles. The number of ether oxygens (including phenoxy) is 1. The lowest BCUT2D eigenvalue weighted by Crippen LogP contribution is -2.52. The van der Waals surface area contributed by atoms with Crippen molar-refractivity contribution in [1.29, 1.82) is 0 Å². The summed E-state index contributed by atoms with van der Waals surface area (Å²) in [6.07, 6.45) is 2.69. The van der Waals surface area contributed by atoms with Gasteiger partial charge in [-0.1, -0.05) is 58.6 Å². The molecule has 1 aliphatic carbocycles. The fourth-order valence-corrected chi connectivity index (χ4v) is 5.72. The van der Waals surface area contributed by atoms with Crippen LogP contribution in [-0.2, 0) is 9.59 Å². The Morgan fingerprint density at radius 2 is 1.57 bits per heavy atom. The molecule has 3 amide bonds. The van der Waals surface area contributed by atoms with E-state index in [1.54, 1.807) is 12.1 Å². The van der Waals surface area contributed by atoms with Crippen LogP contribution in [0.15, 0.2) is 78.4 Å². The van der Waals surface area contributed by atoms with Crippen molar-refractivity contribution in [3.63, 3.8) is 0 Å². The molecular formula is C31H23Cl3N2O6. The number of halogens is 3. The van der Waals surface area contributed by atoms with Crippen molar-refractivity contribution in [2.45, 2.75) is 19.8 Å². The first-order chi connectivity index (χ1) is 20.0. The van der Waals surface area contributed by atoms with E-state index in [1.807, 2.05) is 13.0 Å². The van der Waals surface area contributed by atoms with Crippen LogP contribution in [0.1, 0.15) is 50.8 Å². The second-order valence-electron chi connectivity index (χ2n) is 10.00. The Kier molecular flexibility index (Phi) is 8.50. The Balaban J connectivity index is 1.38. The molecule has 0 unspecified atom stereocenters. The predicted molar refractivity (Wildman–Crippen MR) is 157 cm³/mol. The first kappa shape index (κ1) is 29.5. The fraction of sp³-hybridized carbons (Fsp3) is 0.194. The van der Waals surface area contributed by atoms with E-state index in [4.69, 9.17) is 39.5 Å². The zero-order valence-corrected chi connectivity index (χ0v) is 24.4. The van der Waals surface area contributed by atoms with Gasteiger partial charge in [0.2, 0.25) is 0 Å². The van der Waals surface area contributed by atoms with Gasteiger partial charge in [-0.2, -0.15) is 5.01 Å². The minimum atomic E-state index is -0.760. The fourth-order valence-electron chi connectivity index (χ4n) is 5.02. The highest BCUT2D eigenvalue weighted by Gasteiger charge is 2.51. The number of hydrazine groups is 1. The molecule has 0 aromatic heterocycles. The maximum atomic E-state index is 13.7. The van der Waals surface area contributed by atoms with Gasteiger partial charge in [-0.05, 0) is 74.4 Å². The third-order valence-corrected chi connectivity index (χ3v) is 8.09. The van der Waals surface area contributed by atoms with Gasteiger partial charge in [0.1, 0.15) is 12.3 Å². The number of imide groups is 1. The highest BCUT2D eigenvalue weighted by Crippen LogP contribution is 2.39. The zero-order valence-electron chi connectivity index (χ0n) is 22.2. The van der Waals surface area contributed by atoms with Gasteiger partial charge < -0.3 is 4.74 Å². The number of esters is 1. The van der Waals surface area contributed by atoms with Gasteiger partial charge in [0.25, 0.3) is 17.7 Å². The largest absolute Gasteiger partial charge is 0.423 e. The second kappa shape index (κ2) is 12.1. The summed E-state index contributed by atoms with van der Waals surface area (Å²) in [7, 11) is 0. The summed E-state index contributed by atoms with van der Waals surface area (Å²) in [5.41, 5.74) is 1.30. The van der Waals surface area contributed by atoms with Gasteiger partial charge in [0.15, 0.2) is 5.78 Å². The number of Topliss-reactive ketones (excluding diaryl/α,β-unsaturated/α-hetero) is 1. The van der Waals surface area contributed by atoms with Crippen LogP contribution >= 0.6 is 34.8 Å². The van der Waals surface area contributed by atoms with E-state index in [1.165, 1.54) is 54.6 Å². The number of rotatable bonds is 7. The highest BCUT2D eigenvalue weighted by molar-refractivity contribution is 6.36. The molecule has 1 heterocycles. The van der Waals surface area contributed by atoms with Crippen LogP contribution in [0, 0.1) is 11.8 Å². The summed E-state index contributed by atoms with van der Waals surface area (Å²) in [4.78, 5) is 66.5. The summed E-state index contributed by atoms with van der Waals surface area (Å²) in [6, 6.07) is 16.2.